The summed E-state index contributed by atoms with van der Waals surface area (Å²) in [6.45, 7) is 3.33. The number of hydrogen-bond acceptors (Lipinski definition) is 4. The van der Waals surface area contributed by atoms with Gasteiger partial charge in [-0.2, -0.15) is 0 Å². The van der Waals surface area contributed by atoms with Crippen molar-refractivity contribution in [3.8, 4) is 0 Å². The molecule has 0 aliphatic carbocycles. The highest BCUT2D eigenvalue weighted by atomic mass is 16.5. The monoisotopic (exact) mass is 316 g/mol. The molecule has 0 unspecified atom stereocenters. The minimum atomic E-state index is -0.551. The van der Waals surface area contributed by atoms with E-state index in [2.05, 4.69) is 5.32 Å². The van der Waals surface area contributed by atoms with Gasteiger partial charge in [0.15, 0.2) is 6.61 Å². The molecule has 0 radical (unpaired) electrons. The van der Waals surface area contributed by atoms with Gasteiger partial charge in [-0.05, 0) is 25.5 Å². The first-order valence-electron chi connectivity index (χ1n) is 7.57. The maximum atomic E-state index is 12.5. The van der Waals surface area contributed by atoms with Crippen LogP contribution in [0.1, 0.15) is 26.7 Å². The molecule has 1 N–H and O–H groups in total. The van der Waals surface area contributed by atoms with E-state index in [-0.39, 0.29) is 30.9 Å². The van der Waals surface area contributed by atoms with Crippen molar-refractivity contribution in [2.24, 2.45) is 0 Å². The zero-order valence-corrected chi connectivity index (χ0v) is 13.2. The van der Waals surface area contributed by atoms with Gasteiger partial charge in [0.1, 0.15) is 0 Å². The van der Waals surface area contributed by atoms with Gasteiger partial charge in [-0.1, -0.05) is 25.1 Å². The summed E-state index contributed by atoms with van der Waals surface area (Å²) in [5.74, 6) is -1.06. The second-order valence-corrected chi connectivity index (χ2v) is 5.30. The summed E-state index contributed by atoms with van der Waals surface area (Å²) >= 11 is 0. The molecule has 1 atom stereocenters. The number of fused-ring (bicyclic) bond motifs is 1. The zero-order chi connectivity index (χ0) is 16.8. The molecular weight excluding hydrogens is 296 g/mol. The highest BCUT2D eigenvalue weighted by molar-refractivity contribution is 6.05. The Bertz CT molecular complexity index is 639. The summed E-state index contributed by atoms with van der Waals surface area (Å²) in [5, 5.41) is 2.78. The number of hydrogen-bond donors (Lipinski definition) is 1. The first kappa shape index (κ1) is 16.7. The van der Waals surface area contributed by atoms with E-state index in [9.17, 15) is 14.4 Å². The third-order valence-corrected chi connectivity index (χ3v) is 3.46. The number of anilines is 2. The maximum absolute atomic E-state index is 12.5. The molecule has 1 aliphatic heterocycles. The lowest BCUT2D eigenvalue weighted by Gasteiger charge is -2.27. The number of para-hydroxylation sites is 2. The average Bonchev–Trinajstić information content (AvgIpc) is 2.64. The highest BCUT2D eigenvalue weighted by Gasteiger charge is 2.29. The Morgan fingerprint density at radius 1 is 1.39 bits per heavy atom. The molecule has 0 saturated heterocycles. The largest absolute Gasteiger partial charge is 0.452 e. The fourth-order valence-electron chi connectivity index (χ4n) is 2.43. The van der Waals surface area contributed by atoms with Gasteiger partial charge >= 0.3 is 5.97 Å². The molecule has 6 nitrogen and oxygen atoms in total. The summed E-state index contributed by atoms with van der Waals surface area (Å²) in [6, 6.07) is 6.75. The molecule has 0 saturated carbocycles. The van der Waals surface area contributed by atoms with Crippen LogP contribution >= 0.6 is 0 Å². The summed E-state index contributed by atoms with van der Waals surface area (Å²) < 4.78 is 4.97. The third kappa shape index (κ3) is 4.18. The van der Waals surface area contributed by atoms with Crippen LogP contribution in [0.3, 0.4) is 0 Å². The Kier molecular flexibility index (Phi) is 5.51. The number of carbonyl (C=O) groups excluding carboxylic acids is 3. The van der Waals surface area contributed by atoms with Crippen molar-refractivity contribution in [1.29, 1.82) is 0 Å². The predicted octanol–water partition coefficient (Wildman–Crippen LogP) is 2.26. The first-order valence-corrected chi connectivity index (χ1v) is 7.57. The number of allylic oxidation sites excluding steroid dienone is 1. The van der Waals surface area contributed by atoms with E-state index in [0.29, 0.717) is 17.8 Å². The van der Waals surface area contributed by atoms with Crippen LogP contribution in [0.2, 0.25) is 0 Å². The van der Waals surface area contributed by atoms with Gasteiger partial charge in [-0.25, -0.2) is 4.79 Å². The van der Waals surface area contributed by atoms with E-state index < -0.39 is 5.97 Å². The molecule has 1 aromatic rings. The number of rotatable bonds is 4. The highest BCUT2D eigenvalue weighted by Crippen LogP contribution is 2.31. The quantitative estimate of drug-likeness (QED) is 0.683. The van der Waals surface area contributed by atoms with Gasteiger partial charge < -0.3 is 15.0 Å². The molecule has 0 spiro atoms. The molecule has 1 heterocycles. The normalized spacial score (nSPS) is 17.4. The summed E-state index contributed by atoms with van der Waals surface area (Å²) in [6.07, 6.45) is 3.87. The summed E-state index contributed by atoms with van der Waals surface area (Å²) in [4.78, 5) is 37.4. The molecular formula is C17H20N2O4. The maximum Gasteiger partial charge on any atom is 0.330 e. The lowest BCUT2D eigenvalue weighted by atomic mass is 10.1. The van der Waals surface area contributed by atoms with Gasteiger partial charge in [0.25, 0.3) is 5.91 Å². The second kappa shape index (κ2) is 7.58. The van der Waals surface area contributed by atoms with Gasteiger partial charge in [-0.3, -0.25) is 9.59 Å². The fourth-order valence-corrected chi connectivity index (χ4v) is 2.43. The standard InChI is InChI=1S/C17H20N2O4/c1-3-4-9-17(22)23-11-16(21)19-12(2)10-15(20)18-13-7-5-6-8-14(13)19/h4-9,12H,3,10-11H2,1-2H3,(H,18,20)/b9-4+/t12-/m0/s1. The van der Waals surface area contributed by atoms with Crippen molar-refractivity contribution in [1.82, 2.24) is 0 Å². The lowest BCUT2D eigenvalue weighted by Crippen LogP contribution is -2.41. The summed E-state index contributed by atoms with van der Waals surface area (Å²) in [5.41, 5.74) is 1.18. The lowest BCUT2D eigenvalue weighted by molar-refractivity contribution is -0.143. The molecule has 0 aromatic heterocycles. The number of carbonyl (C=O) groups is 3. The van der Waals surface area contributed by atoms with Crippen LogP contribution in [0.15, 0.2) is 36.4 Å². The van der Waals surface area contributed by atoms with E-state index in [1.54, 1.807) is 37.3 Å². The van der Waals surface area contributed by atoms with Crippen LogP contribution in [0.25, 0.3) is 0 Å². The Morgan fingerprint density at radius 2 is 2.13 bits per heavy atom. The SMILES string of the molecule is CC/C=C/C(=O)OCC(=O)N1c2ccccc2NC(=O)C[C@@H]1C. The molecule has 6 heteroatoms. The number of nitrogens with zero attached hydrogens (tertiary/aromatic N) is 1. The predicted molar refractivity (Wildman–Crippen MR) is 87.0 cm³/mol. The molecule has 1 aliphatic rings. The zero-order valence-electron chi connectivity index (χ0n) is 13.2. The number of esters is 1. The second-order valence-electron chi connectivity index (χ2n) is 5.30. The Hall–Kier alpha value is -2.63. The smallest absolute Gasteiger partial charge is 0.330 e. The van der Waals surface area contributed by atoms with Crippen molar-refractivity contribution in [2.75, 3.05) is 16.8 Å². The Morgan fingerprint density at radius 3 is 2.87 bits per heavy atom. The van der Waals surface area contributed by atoms with Crippen LogP contribution in [-0.4, -0.2) is 30.4 Å². The summed E-state index contributed by atoms with van der Waals surface area (Å²) in [7, 11) is 0. The minimum absolute atomic E-state index is 0.150. The van der Waals surface area contributed by atoms with E-state index in [0.717, 1.165) is 0 Å². The molecule has 122 valence electrons. The van der Waals surface area contributed by atoms with Gasteiger partial charge in [0, 0.05) is 18.5 Å². The average molecular weight is 316 g/mol. The fraction of sp³-hybridized carbons (Fsp3) is 0.353. The van der Waals surface area contributed by atoms with Crippen LogP contribution in [0, 0.1) is 0 Å². The minimum Gasteiger partial charge on any atom is -0.452 e. The van der Waals surface area contributed by atoms with Crippen LogP contribution in [0.5, 0.6) is 0 Å². The molecule has 2 rings (SSSR count). The van der Waals surface area contributed by atoms with Gasteiger partial charge in [0.05, 0.1) is 11.4 Å². The van der Waals surface area contributed by atoms with Crippen molar-refractivity contribution in [3.05, 3.63) is 36.4 Å². The molecule has 0 bridgehead atoms. The number of nitrogens with one attached hydrogen (secondary N) is 1. The van der Waals surface area contributed by atoms with E-state index >= 15 is 0 Å². The Balaban J connectivity index is 2.16. The molecule has 1 aromatic carbocycles. The molecule has 23 heavy (non-hydrogen) atoms. The van der Waals surface area contributed by atoms with Crippen LogP contribution < -0.4 is 10.2 Å². The number of ether oxygens (including phenoxy) is 1. The van der Waals surface area contributed by atoms with Gasteiger partial charge in [0.2, 0.25) is 5.91 Å². The van der Waals surface area contributed by atoms with Crippen LogP contribution in [0.4, 0.5) is 11.4 Å². The van der Waals surface area contributed by atoms with Crippen molar-refractivity contribution < 1.29 is 19.1 Å². The topological polar surface area (TPSA) is 75.7 Å². The van der Waals surface area contributed by atoms with E-state index in [1.165, 1.54) is 11.0 Å². The first-order chi connectivity index (χ1) is 11.0. The van der Waals surface area contributed by atoms with Crippen molar-refractivity contribution >= 4 is 29.2 Å². The third-order valence-electron chi connectivity index (χ3n) is 3.46. The Labute approximate surface area is 135 Å². The van der Waals surface area contributed by atoms with Crippen LogP contribution in [-0.2, 0) is 19.1 Å². The van der Waals surface area contributed by atoms with Crippen molar-refractivity contribution in [2.45, 2.75) is 32.7 Å². The number of benzene rings is 1. The van der Waals surface area contributed by atoms with E-state index in [1.807, 2.05) is 6.92 Å². The number of amides is 2. The van der Waals surface area contributed by atoms with Crippen molar-refractivity contribution in [3.63, 3.8) is 0 Å². The molecule has 0 fully saturated rings. The molecule has 2 amide bonds. The van der Waals surface area contributed by atoms with E-state index in [4.69, 9.17) is 4.74 Å². The van der Waals surface area contributed by atoms with Gasteiger partial charge in [-0.15, -0.1) is 0 Å².